The summed E-state index contributed by atoms with van der Waals surface area (Å²) in [7, 11) is -2.90. The number of aromatic nitrogens is 4. The molecule has 0 atom stereocenters. The van der Waals surface area contributed by atoms with Gasteiger partial charge in [-0.3, -0.25) is 9.78 Å². The molecule has 10 nitrogen and oxygen atoms in total. The first kappa shape index (κ1) is 29.9. The standard InChI is InChI=1S/C28H27Cl2FN6O4S/c1-41-24-7-6-18(14-22(24)30)27-34-26(17-8-10-33-11-9-17)35-37(27)13-12-36(19-4-2-3-5-19)28(38)20-15-25(42(32,39)40)23(31)16-21(20)29/h6-11,14-16,19H,2-5,12-13H2,1H3,(H2,32,39,40). The van der Waals surface area contributed by atoms with Gasteiger partial charge in [-0.05, 0) is 55.3 Å². The third-order valence-electron chi connectivity index (χ3n) is 7.16. The van der Waals surface area contributed by atoms with Gasteiger partial charge in [0.05, 0.1) is 29.3 Å². The Hall–Kier alpha value is -3.58. The van der Waals surface area contributed by atoms with Crippen LogP contribution in [0.2, 0.25) is 10.0 Å². The summed E-state index contributed by atoms with van der Waals surface area (Å²) < 4.78 is 45.3. The highest BCUT2D eigenvalue weighted by Crippen LogP contribution is 2.32. The Labute approximate surface area is 252 Å². The molecule has 2 aromatic heterocycles. The molecule has 2 N–H and O–H groups in total. The Balaban J connectivity index is 1.52. The van der Waals surface area contributed by atoms with E-state index in [-0.39, 0.29) is 29.7 Å². The van der Waals surface area contributed by atoms with Gasteiger partial charge in [0.25, 0.3) is 5.91 Å². The van der Waals surface area contributed by atoms with Crippen molar-refractivity contribution in [1.29, 1.82) is 0 Å². The number of nitrogens with zero attached hydrogens (tertiary/aromatic N) is 5. The number of carbonyl (C=O) groups is 1. The minimum Gasteiger partial charge on any atom is -0.495 e. The number of hydrogen-bond acceptors (Lipinski definition) is 7. The molecule has 2 heterocycles. The fourth-order valence-corrected chi connectivity index (χ4v) is 6.18. The van der Waals surface area contributed by atoms with Gasteiger partial charge >= 0.3 is 0 Å². The van der Waals surface area contributed by atoms with Crippen molar-refractivity contribution in [2.45, 2.75) is 43.2 Å². The fraction of sp³-hybridized carbons (Fsp3) is 0.286. The number of pyridine rings is 1. The van der Waals surface area contributed by atoms with E-state index in [1.807, 2.05) is 6.07 Å². The van der Waals surface area contributed by atoms with E-state index in [2.05, 4.69) is 4.98 Å². The van der Waals surface area contributed by atoms with Crippen molar-refractivity contribution in [3.8, 4) is 28.5 Å². The minimum atomic E-state index is -4.43. The topological polar surface area (TPSA) is 133 Å². The zero-order chi connectivity index (χ0) is 30.0. The molecule has 2 aromatic carbocycles. The molecule has 0 saturated heterocycles. The molecule has 1 aliphatic rings. The summed E-state index contributed by atoms with van der Waals surface area (Å²) in [6.45, 7) is 0.429. The highest BCUT2D eigenvalue weighted by molar-refractivity contribution is 7.89. The SMILES string of the molecule is COc1ccc(-c2nc(-c3ccncc3)nn2CCN(C(=O)c2cc(S(N)(=O)=O)c(F)cc2Cl)C2CCCC2)cc1Cl. The Morgan fingerprint density at radius 1 is 1.10 bits per heavy atom. The number of carbonyl (C=O) groups excluding carboxylic acids is 1. The van der Waals surface area contributed by atoms with Crippen LogP contribution in [0.4, 0.5) is 4.39 Å². The average molecular weight is 634 g/mol. The van der Waals surface area contributed by atoms with Gasteiger partial charge in [-0.15, -0.1) is 0 Å². The molecule has 0 spiro atoms. The van der Waals surface area contributed by atoms with Gasteiger partial charge in [-0.25, -0.2) is 27.6 Å². The van der Waals surface area contributed by atoms with Gasteiger partial charge in [0.15, 0.2) is 11.6 Å². The number of benzene rings is 2. The molecular formula is C28H27Cl2FN6O4S. The molecule has 4 aromatic rings. The Morgan fingerprint density at radius 2 is 1.81 bits per heavy atom. The van der Waals surface area contributed by atoms with E-state index in [0.29, 0.717) is 28.0 Å². The molecule has 42 heavy (non-hydrogen) atoms. The summed E-state index contributed by atoms with van der Waals surface area (Å²) in [6, 6.07) is 10.4. The van der Waals surface area contributed by atoms with Crippen molar-refractivity contribution in [3.63, 3.8) is 0 Å². The van der Waals surface area contributed by atoms with Crippen LogP contribution in [0.5, 0.6) is 5.75 Å². The lowest BCUT2D eigenvalue weighted by Crippen LogP contribution is -2.41. The molecule has 0 radical (unpaired) electrons. The van der Waals surface area contributed by atoms with Crippen molar-refractivity contribution in [2.24, 2.45) is 5.14 Å². The number of hydrogen-bond donors (Lipinski definition) is 1. The third-order valence-corrected chi connectivity index (χ3v) is 8.69. The Kier molecular flexibility index (Phi) is 8.78. The van der Waals surface area contributed by atoms with E-state index in [1.165, 1.54) is 7.11 Å². The van der Waals surface area contributed by atoms with Crippen LogP contribution in [0.1, 0.15) is 36.0 Å². The van der Waals surface area contributed by atoms with Gasteiger partial charge in [0.2, 0.25) is 10.0 Å². The zero-order valence-corrected chi connectivity index (χ0v) is 24.8. The second-order valence-electron chi connectivity index (χ2n) is 9.81. The van der Waals surface area contributed by atoms with Crippen LogP contribution in [-0.4, -0.2) is 58.7 Å². The first-order valence-electron chi connectivity index (χ1n) is 13.1. The van der Waals surface area contributed by atoms with E-state index < -0.39 is 26.6 Å². The van der Waals surface area contributed by atoms with Crippen LogP contribution in [0.3, 0.4) is 0 Å². The van der Waals surface area contributed by atoms with Crippen molar-refractivity contribution in [2.75, 3.05) is 13.7 Å². The van der Waals surface area contributed by atoms with E-state index in [4.69, 9.17) is 43.2 Å². The average Bonchev–Trinajstić information content (AvgIpc) is 3.64. The lowest BCUT2D eigenvalue weighted by molar-refractivity contribution is 0.0671. The van der Waals surface area contributed by atoms with Crippen LogP contribution in [0, 0.1) is 5.82 Å². The summed E-state index contributed by atoms with van der Waals surface area (Å²) in [6.07, 6.45) is 6.66. The van der Waals surface area contributed by atoms with Crippen molar-refractivity contribution in [1.82, 2.24) is 24.6 Å². The molecule has 1 fully saturated rings. The quantitative estimate of drug-likeness (QED) is 0.268. The van der Waals surface area contributed by atoms with Crippen LogP contribution >= 0.6 is 23.2 Å². The molecule has 0 unspecified atom stereocenters. The number of rotatable bonds is 9. The lowest BCUT2D eigenvalue weighted by Gasteiger charge is -2.29. The van der Waals surface area contributed by atoms with E-state index in [1.54, 1.807) is 46.2 Å². The number of sulfonamides is 1. The molecule has 5 rings (SSSR count). The first-order valence-corrected chi connectivity index (χ1v) is 15.4. The normalized spacial score (nSPS) is 13.8. The van der Waals surface area contributed by atoms with Gasteiger partial charge in [-0.2, -0.15) is 5.10 Å². The van der Waals surface area contributed by atoms with Crippen LogP contribution in [0.15, 0.2) is 59.8 Å². The zero-order valence-electron chi connectivity index (χ0n) is 22.5. The summed E-state index contributed by atoms with van der Waals surface area (Å²) in [5, 5.41) is 10.1. The molecule has 14 heteroatoms. The second kappa shape index (κ2) is 12.3. The number of amides is 1. The summed E-state index contributed by atoms with van der Waals surface area (Å²) >= 11 is 12.7. The molecule has 1 amide bonds. The van der Waals surface area contributed by atoms with Gasteiger partial charge in [0.1, 0.15) is 16.5 Å². The Morgan fingerprint density at radius 3 is 2.45 bits per heavy atom. The monoisotopic (exact) mass is 632 g/mol. The first-order chi connectivity index (χ1) is 20.1. The predicted octanol–water partition coefficient (Wildman–Crippen LogP) is 5.19. The Bertz CT molecular complexity index is 1730. The van der Waals surface area contributed by atoms with Gasteiger partial charge in [0, 0.05) is 36.1 Å². The maximum Gasteiger partial charge on any atom is 0.255 e. The molecule has 0 aliphatic heterocycles. The number of ether oxygens (including phenoxy) is 1. The molecule has 0 bridgehead atoms. The predicted molar refractivity (Wildman–Crippen MR) is 156 cm³/mol. The summed E-state index contributed by atoms with van der Waals surface area (Å²) in [5.74, 6) is -0.173. The smallest absolute Gasteiger partial charge is 0.255 e. The lowest BCUT2D eigenvalue weighted by atomic mass is 10.1. The largest absolute Gasteiger partial charge is 0.495 e. The molecule has 1 saturated carbocycles. The van der Waals surface area contributed by atoms with E-state index in [0.717, 1.165) is 43.4 Å². The maximum atomic E-state index is 14.4. The highest BCUT2D eigenvalue weighted by atomic mass is 35.5. The number of primary sulfonamides is 1. The van der Waals surface area contributed by atoms with Crippen molar-refractivity contribution in [3.05, 3.63) is 76.3 Å². The van der Waals surface area contributed by atoms with Gasteiger partial charge in [-0.1, -0.05) is 36.0 Å². The molecule has 1 aliphatic carbocycles. The number of methoxy groups -OCH3 is 1. The number of nitrogens with two attached hydrogens (primary N) is 1. The van der Waals surface area contributed by atoms with E-state index in [9.17, 15) is 17.6 Å². The van der Waals surface area contributed by atoms with E-state index >= 15 is 0 Å². The fourth-order valence-electron chi connectivity index (χ4n) is 5.07. The van der Waals surface area contributed by atoms with Gasteiger partial charge < -0.3 is 9.64 Å². The second-order valence-corrected chi connectivity index (χ2v) is 12.2. The van der Waals surface area contributed by atoms with Crippen LogP contribution in [0.25, 0.3) is 22.8 Å². The van der Waals surface area contributed by atoms with Crippen molar-refractivity contribution < 1.29 is 22.3 Å². The summed E-state index contributed by atoms with van der Waals surface area (Å²) in [4.78, 5) is 23.5. The highest BCUT2D eigenvalue weighted by Gasteiger charge is 2.31. The van der Waals surface area contributed by atoms with Crippen molar-refractivity contribution >= 4 is 39.1 Å². The van der Waals surface area contributed by atoms with Crippen LogP contribution < -0.4 is 9.88 Å². The number of halogens is 3. The van der Waals surface area contributed by atoms with Crippen LogP contribution in [-0.2, 0) is 16.6 Å². The third kappa shape index (κ3) is 6.26. The minimum absolute atomic E-state index is 0.126. The maximum absolute atomic E-state index is 14.4. The molecular weight excluding hydrogens is 606 g/mol. The summed E-state index contributed by atoms with van der Waals surface area (Å²) in [5.41, 5.74) is 1.29. The molecule has 220 valence electrons.